The van der Waals surface area contributed by atoms with Crippen molar-refractivity contribution in [1.29, 1.82) is 0 Å². The van der Waals surface area contributed by atoms with Crippen LogP contribution in [0.3, 0.4) is 0 Å². The molecule has 0 saturated carbocycles. The van der Waals surface area contributed by atoms with E-state index in [0.29, 0.717) is 0 Å². The van der Waals surface area contributed by atoms with Gasteiger partial charge >= 0.3 is 6.01 Å². The molecule has 43 heavy (non-hydrogen) atoms. The fourth-order valence-corrected chi connectivity index (χ4v) is 5.46. The van der Waals surface area contributed by atoms with Gasteiger partial charge in [-0.2, -0.15) is 0 Å². The minimum atomic E-state index is 0.746. The molecule has 7 rings (SSSR count). The van der Waals surface area contributed by atoms with Crippen LogP contribution in [0.4, 0.5) is 11.4 Å². The number of rotatable bonds is 8. The van der Waals surface area contributed by atoms with Gasteiger partial charge in [0.25, 0.3) is 6.20 Å². The van der Waals surface area contributed by atoms with Crippen LogP contribution < -0.4 is 14.4 Å². The molecule has 6 heteroatoms. The van der Waals surface area contributed by atoms with Crippen molar-refractivity contribution in [2.45, 2.75) is 12.8 Å². The molecule has 2 aliphatic rings. The third-order valence-electron chi connectivity index (χ3n) is 7.62. The van der Waals surface area contributed by atoms with E-state index in [1.807, 2.05) is 102 Å². The Bertz CT molecular complexity index is 1900. The van der Waals surface area contributed by atoms with Crippen LogP contribution in [0.15, 0.2) is 128 Å². The third kappa shape index (κ3) is 6.10. The van der Waals surface area contributed by atoms with Gasteiger partial charge in [-0.25, -0.2) is 0 Å². The van der Waals surface area contributed by atoms with E-state index < -0.39 is 0 Å². The fraction of sp³-hybridized carbons (Fsp3) is 0.135. The van der Waals surface area contributed by atoms with E-state index in [1.165, 1.54) is 18.5 Å². The maximum absolute atomic E-state index is 6.30. The van der Waals surface area contributed by atoms with Crippen molar-refractivity contribution in [3.8, 4) is 45.4 Å². The summed E-state index contributed by atoms with van der Waals surface area (Å²) in [6.07, 6.45) is 8.27. The van der Waals surface area contributed by atoms with Gasteiger partial charge < -0.3 is 14.4 Å². The molecule has 1 saturated heterocycles. The minimum absolute atomic E-state index is 0.746. The molecule has 6 nitrogen and oxygen atoms in total. The zero-order chi connectivity index (χ0) is 29.0. The van der Waals surface area contributed by atoms with E-state index in [2.05, 4.69) is 58.4 Å². The van der Waals surface area contributed by atoms with Crippen molar-refractivity contribution in [2.75, 3.05) is 25.0 Å². The van der Waals surface area contributed by atoms with Crippen LogP contribution in [0.5, 0.6) is 23.0 Å². The normalized spacial score (nSPS) is 14.0. The van der Waals surface area contributed by atoms with Crippen LogP contribution in [-0.2, 0) is 0 Å². The monoisotopic (exact) mass is 564 g/mol. The summed E-state index contributed by atoms with van der Waals surface area (Å²) in [7, 11) is 1.95. The van der Waals surface area contributed by atoms with Gasteiger partial charge in [-0.3, -0.25) is 4.98 Å². The van der Waals surface area contributed by atoms with Crippen molar-refractivity contribution < 1.29 is 18.6 Å². The van der Waals surface area contributed by atoms with Crippen LogP contribution in [-0.4, -0.2) is 40.3 Å². The molecule has 210 valence electrons. The summed E-state index contributed by atoms with van der Waals surface area (Å²) in [6, 6.07) is 39.9. The molecule has 4 aromatic carbocycles. The number of pyridine rings is 1. The van der Waals surface area contributed by atoms with Crippen LogP contribution >= 0.6 is 0 Å². The molecule has 0 bridgehead atoms. The summed E-state index contributed by atoms with van der Waals surface area (Å²) >= 11 is 0. The SMILES string of the molecule is C[N+]1=C=[N+](c2cccc(Oc3cccc(-c4cc(-c5cccc(Oc6cccc(N7CCCC7)c6)c5)ccn4)c3)c2)C=C1. The molecule has 3 heterocycles. The van der Waals surface area contributed by atoms with Gasteiger partial charge in [0.15, 0.2) is 7.05 Å². The first-order valence-corrected chi connectivity index (χ1v) is 14.6. The Labute approximate surface area is 251 Å². The van der Waals surface area contributed by atoms with Gasteiger partial charge in [-0.05, 0) is 78.6 Å². The smallest absolute Gasteiger partial charge is 0.457 e. The first kappa shape index (κ1) is 26.4. The van der Waals surface area contributed by atoms with Gasteiger partial charge in [0.1, 0.15) is 23.0 Å². The summed E-state index contributed by atoms with van der Waals surface area (Å²) < 4.78 is 16.4. The number of anilines is 1. The van der Waals surface area contributed by atoms with E-state index in [9.17, 15) is 0 Å². The Morgan fingerprint density at radius 2 is 1.28 bits per heavy atom. The maximum atomic E-state index is 6.30. The predicted molar refractivity (Wildman–Crippen MR) is 170 cm³/mol. The molecular formula is C37H32N4O2+2. The summed E-state index contributed by atoms with van der Waals surface area (Å²) in [4.78, 5) is 7.09. The third-order valence-corrected chi connectivity index (χ3v) is 7.62. The molecule has 0 unspecified atom stereocenters. The lowest BCUT2D eigenvalue weighted by Crippen LogP contribution is -2.17. The number of hydrogen-bond acceptors (Lipinski definition) is 4. The highest BCUT2D eigenvalue weighted by Crippen LogP contribution is 2.33. The van der Waals surface area contributed by atoms with E-state index in [1.54, 1.807) is 0 Å². The molecule has 0 atom stereocenters. The second-order valence-corrected chi connectivity index (χ2v) is 10.8. The lowest BCUT2D eigenvalue weighted by atomic mass is 10.0. The maximum Gasteiger partial charge on any atom is 0.495 e. The highest BCUT2D eigenvalue weighted by Gasteiger charge is 2.17. The number of hydrogen-bond donors (Lipinski definition) is 0. The van der Waals surface area contributed by atoms with E-state index in [4.69, 9.17) is 9.47 Å². The van der Waals surface area contributed by atoms with Crippen molar-refractivity contribution in [2.24, 2.45) is 0 Å². The second kappa shape index (κ2) is 11.8. The summed E-state index contributed by atoms with van der Waals surface area (Å²) in [6.45, 7) is 2.22. The first-order valence-electron chi connectivity index (χ1n) is 14.6. The average molecular weight is 565 g/mol. The van der Waals surface area contributed by atoms with Crippen LogP contribution in [0.2, 0.25) is 0 Å². The average Bonchev–Trinajstić information content (AvgIpc) is 3.75. The molecule has 0 spiro atoms. The number of ether oxygens (including phenoxy) is 2. The van der Waals surface area contributed by atoms with Gasteiger partial charge in [-0.15, -0.1) is 0 Å². The topological polar surface area (TPSA) is 40.6 Å². The lowest BCUT2D eigenvalue weighted by Gasteiger charge is -2.18. The Kier molecular flexibility index (Phi) is 7.26. The highest BCUT2D eigenvalue weighted by atomic mass is 16.5. The molecule has 1 aromatic heterocycles. The second-order valence-electron chi connectivity index (χ2n) is 10.8. The van der Waals surface area contributed by atoms with Crippen molar-refractivity contribution >= 4 is 17.4 Å². The summed E-state index contributed by atoms with van der Waals surface area (Å²) in [5, 5.41) is 0. The largest absolute Gasteiger partial charge is 0.495 e. The minimum Gasteiger partial charge on any atom is -0.457 e. The zero-order valence-corrected chi connectivity index (χ0v) is 24.1. The highest BCUT2D eigenvalue weighted by molar-refractivity contribution is 5.72. The Morgan fingerprint density at radius 3 is 2.02 bits per heavy atom. The number of nitrogens with zero attached hydrogens (tertiary/aromatic N) is 4. The van der Waals surface area contributed by atoms with Crippen molar-refractivity contribution in [1.82, 2.24) is 4.98 Å². The molecular weight excluding hydrogens is 532 g/mol. The fourth-order valence-electron chi connectivity index (χ4n) is 5.46. The Balaban J connectivity index is 1.10. The van der Waals surface area contributed by atoms with E-state index in [-0.39, 0.29) is 0 Å². The molecule has 0 aliphatic carbocycles. The van der Waals surface area contributed by atoms with Gasteiger partial charge in [0, 0.05) is 42.7 Å². The number of aromatic nitrogens is 1. The molecule has 0 N–H and O–H groups in total. The van der Waals surface area contributed by atoms with E-state index in [0.717, 1.165) is 64.2 Å². The van der Waals surface area contributed by atoms with Crippen LogP contribution in [0.1, 0.15) is 12.8 Å². The van der Waals surface area contributed by atoms with Crippen LogP contribution in [0, 0.1) is 0 Å². The lowest BCUT2D eigenvalue weighted by molar-refractivity contribution is -0.429. The Morgan fingerprint density at radius 1 is 0.651 bits per heavy atom. The quantitative estimate of drug-likeness (QED) is 0.177. The zero-order valence-electron chi connectivity index (χ0n) is 24.1. The van der Waals surface area contributed by atoms with Gasteiger partial charge in [0.05, 0.1) is 11.8 Å². The standard InChI is InChI=1S/C37H32N4O2/c1-39-20-21-41(27-39)32-11-7-15-36(26-32)43-34-13-5-9-30(23-34)37-24-29(16-17-38-37)28-8-4-12-33(22-28)42-35-14-6-10-31(25-35)40-18-2-3-19-40/h4-17,20-26H,2-3,18-19H2,1H3/q+2. The Hall–Kier alpha value is -5.45. The molecule has 0 amide bonds. The summed E-state index contributed by atoms with van der Waals surface area (Å²) in [5.74, 6) is 3.15. The summed E-state index contributed by atoms with van der Waals surface area (Å²) in [5.41, 5.74) is 6.18. The molecule has 5 aromatic rings. The predicted octanol–water partition coefficient (Wildman–Crippen LogP) is 8.55. The van der Waals surface area contributed by atoms with Crippen molar-refractivity contribution in [3.63, 3.8) is 0 Å². The van der Waals surface area contributed by atoms with Crippen molar-refractivity contribution in [3.05, 3.63) is 128 Å². The van der Waals surface area contributed by atoms with Crippen LogP contribution in [0.25, 0.3) is 22.4 Å². The van der Waals surface area contributed by atoms with Gasteiger partial charge in [0.2, 0.25) is 11.9 Å². The van der Waals surface area contributed by atoms with E-state index >= 15 is 0 Å². The molecule has 2 aliphatic heterocycles. The molecule has 1 fully saturated rings. The molecule has 0 radical (unpaired) electrons. The van der Waals surface area contributed by atoms with Gasteiger partial charge in [-0.1, -0.05) is 45.5 Å². The first-order chi connectivity index (χ1) is 21.2. The number of benzene rings is 4.